The van der Waals surface area contributed by atoms with Gasteiger partial charge in [0, 0.05) is 18.6 Å². The van der Waals surface area contributed by atoms with Crippen LogP contribution in [0.1, 0.15) is 24.9 Å². The van der Waals surface area contributed by atoms with Gasteiger partial charge in [-0.3, -0.25) is 0 Å². The summed E-state index contributed by atoms with van der Waals surface area (Å²) in [6.45, 7) is 1.22. The largest absolute Gasteiger partial charge is 0.480 e. The maximum Gasteiger partial charge on any atom is 0.326 e. The average Bonchev–Trinajstić information content (AvgIpc) is 2.38. The Hall–Kier alpha value is -2.15. The van der Waals surface area contributed by atoms with Crippen molar-refractivity contribution in [2.45, 2.75) is 25.4 Å². The van der Waals surface area contributed by atoms with E-state index in [1.165, 1.54) is 18.2 Å². The van der Waals surface area contributed by atoms with Crippen LogP contribution < -0.4 is 10.6 Å². The molecule has 1 aromatic rings. The lowest BCUT2D eigenvalue weighted by molar-refractivity contribution is -0.139. The zero-order valence-corrected chi connectivity index (χ0v) is 11.0. The van der Waals surface area contributed by atoms with Gasteiger partial charge in [0.15, 0.2) is 0 Å². The summed E-state index contributed by atoms with van der Waals surface area (Å²) in [7, 11) is 0. The number of hydrogen-bond donors (Lipinski definition) is 4. The van der Waals surface area contributed by atoms with E-state index >= 15 is 0 Å². The molecule has 6 nitrogen and oxygen atoms in total. The number of aliphatic hydroxyl groups is 1. The number of benzene rings is 1. The molecule has 0 radical (unpaired) electrons. The maximum absolute atomic E-state index is 13.5. The number of hydrogen-bond acceptors (Lipinski definition) is 3. The summed E-state index contributed by atoms with van der Waals surface area (Å²) in [6, 6.07) is 3.45. The van der Waals surface area contributed by atoms with Gasteiger partial charge in [0.1, 0.15) is 11.9 Å². The van der Waals surface area contributed by atoms with Crippen LogP contribution in [0, 0.1) is 5.82 Å². The van der Waals surface area contributed by atoms with Crippen LogP contribution in [-0.2, 0) is 4.79 Å². The van der Waals surface area contributed by atoms with Gasteiger partial charge < -0.3 is 20.8 Å². The van der Waals surface area contributed by atoms with Crippen LogP contribution in [0.5, 0.6) is 0 Å². The lowest BCUT2D eigenvalue weighted by atomic mass is 10.1. The highest BCUT2D eigenvalue weighted by Gasteiger charge is 2.20. The zero-order chi connectivity index (χ0) is 15.1. The van der Waals surface area contributed by atoms with E-state index < -0.39 is 29.9 Å². The van der Waals surface area contributed by atoms with Crippen LogP contribution in [0.4, 0.5) is 9.18 Å². The Kier molecular flexibility index (Phi) is 5.92. The summed E-state index contributed by atoms with van der Waals surface area (Å²) >= 11 is 0. The fourth-order valence-electron chi connectivity index (χ4n) is 1.69. The van der Waals surface area contributed by atoms with Gasteiger partial charge >= 0.3 is 12.0 Å². The van der Waals surface area contributed by atoms with Gasteiger partial charge in [0.2, 0.25) is 0 Å². The van der Waals surface area contributed by atoms with Crippen molar-refractivity contribution in [2.24, 2.45) is 0 Å². The number of aliphatic hydroxyl groups excluding tert-OH is 1. The smallest absolute Gasteiger partial charge is 0.326 e. The van der Waals surface area contributed by atoms with E-state index in [4.69, 9.17) is 10.2 Å². The number of aliphatic carboxylic acids is 1. The van der Waals surface area contributed by atoms with Crippen molar-refractivity contribution in [1.29, 1.82) is 0 Å². The van der Waals surface area contributed by atoms with E-state index in [0.29, 0.717) is 5.56 Å². The molecule has 2 unspecified atom stereocenters. The standard InChI is InChI=1S/C13H17FN2O4/c1-8(9-4-2-3-5-10(9)14)15-13(20)16-11(6-7-17)12(18)19/h2-5,8,11,17H,6-7H2,1H3,(H,18,19)(H2,15,16,20). The second-order valence-corrected chi connectivity index (χ2v) is 4.26. The normalized spacial score (nSPS) is 13.3. The van der Waals surface area contributed by atoms with Crippen molar-refractivity contribution in [1.82, 2.24) is 10.6 Å². The summed E-state index contributed by atoms with van der Waals surface area (Å²) in [6.07, 6.45) is -0.100. The predicted octanol–water partition coefficient (Wildman–Crippen LogP) is 1.02. The molecule has 0 fully saturated rings. The van der Waals surface area contributed by atoms with E-state index in [1.54, 1.807) is 13.0 Å². The Bertz CT molecular complexity index is 481. The van der Waals surface area contributed by atoms with E-state index in [1.807, 2.05) is 0 Å². The second kappa shape index (κ2) is 7.44. The summed E-state index contributed by atoms with van der Waals surface area (Å²) in [5.41, 5.74) is 0.302. The molecule has 0 aliphatic carbocycles. The van der Waals surface area contributed by atoms with E-state index in [-0.39, 0.29) is 13.0 Å². The molecule has 0 bridgehead atoms. The Morgan fingerprint density at radius 2 is 1.95 bits per heavy atom. The van der Waals surface area contributed by atoms with Crippen molar-refractivity contribution >= 4 is 12.0 Å². The van der Waals surface area contributed by atoms with Crippen molar-refractivity contribution in [3.8, 4) is 0 Å². The van der Waals surface area contributed by atoms with Gasteiger partial charge in [-0.15, -0.1) is 0 Å². The molecule has 110 valence electrons. The molecule has 0 heterocycles. The van der Waals surface area contributed by atoms with Crippen molar-refractivity contribution < 1.29 is 24.2 Å². The fourth-order valence-corrected chi connectivity index (χ4v) is 1.69. The minimum atomic E-state index is -1.24. The highest BCUT2D eigenvalue weighted by molar-refractivity contribution is 5.82. The maximum atomic E-state index is 13.5. The lowest BCUT2D eigenvalue weighted by Crippen LogP contribution is -2.47. The van der Waals surface area contributed by atoms with Gasteiger partial charge in [-0.2, -0.15) is 0 Å². The molecular formula is C13H17FN2O4. The van der Waals surface area contributed by atoms with Gasteiger partial charge in [-0.1, -0.05) is 18.2 Å². The monoisotopic (exact) mass is 284 g/mol. The Morgan fingerprint density at radius 1 is 1.30 bits per heavy atom. The number of rotatable bonds is 6. The first-order valence-corrected chi connectivity index (χ1v) is 6.10. The minimum Gasteiger partial charge on any atom is -0.480 e. The molecule has 1 aromatic carbocycles. The summed E-state index contributed by atoms with van der Waals surface area (Å²) in [4.78, 5) is 22.5. The first-order chi connectivity index (χ1) is 9.45. The summed E-state index contributed by atoms with van der Waals surface area (Å²) < 4.78 is 13.5. The Balaban J connectivity index is 2.62. The van der Waals surface area contributed by atoms with E-state index in [0.717, 1.165) is 0 Å². The quantitative estimate of drug-likeness (QED) is 0.627. The van der Waals surface area contributed by atoms with E-state index in [9.17, 15) is 14.0 Å². The number of carboxylic acids is 1. The number of nitrogens with one attached hydrogen (secondary N) is 2. The SMILES string of the molecule is CC(NC(=O)NC(CCO)C(=O)O)c1ccccc1F. The third kappa shape index (κ3) is 4.51. The Labute approximate surface area is 115 Å². The van der Waals surface area contributed by atoms with E-state index in [2.05, 4.69) is 10.6 Å². The van der Waals surface area contributed by atoms with Crippen LogP contribution in [-0.4, -0.2) is 34.9 Å². The highest BCUT2D eigenvalue weighted by atomic mass is 19.1. The van der Waals surface area contributed by atoms with Gasteiger partial charge in [0.05, 0.1) is 6.04 Å². The number of urea groups is 1. The molecule has 1 rings (SSSR count). The van der Waals surface area contributed by atoms with Crippen molar-refractivity contribution in [2.75, 3.05) is 6.61 Å². The Morgan fingerprint density at radius 3 is 2.50 bits per heavy atom. The van der Waals surface area contributed by atoms with Crippen molar-refractivity contribution in [3.05, 3.63) is 35.6 Å². The topological polar surface area (TPSA) is 98.7 Å². The molecule has 2 atom stereocenters. The first kappa shape index (κ1) is 15.9. The third-order valence-corrected chi connectivity index (χ3v) is 2.74. The second-order valence-electron chi connectivity index (χ2n) is 4.26. The first-order valence-electron chi connectivity index (χ1n) is 6.10. The molecule has 0 aliphatic heterocycles. The third-order valence-electron chi connectivity index (χ3n) is 2.74. The fraction of sp³-hybridized carbons (Fsp3) is 0.385. The van der Waals surface area contributed by atoms with Crippen molar-refractivity contribution in [3.63, 3.8) is 0 Å². The molecule has 4 N–H and O–H groups in total. The number of carboxylic acid groups (broad SMARTS) is 1. The van der Waals surface area contributed by atoms with Gasteiger partial charge in [-0.05, 0) is 13.0 Å². The molecule has 7 heteroatoms. The number of carbonyl (C=O) groups is 2. The van der Waals surface area contributed by atoms with Gasteiger partial charge in [0.25, 0.3) is 0 Å². The number of amides is 2. The highest BCUT2D eigenvalue weighted by Crippen LogP contribution is 2.15. The van der Waals surface area contributed by atoms with Crippen LogP contribution >= 0.6 is 0 Å². The summed E-state index contributed by atoms with van der Waals surface area (Å²) in [5.74, 6) is -1.70. The van der Waals surface area contributed by atoms with Crippen LogP contribution in [0.2, 0.25) is 0 Å². The van der Waals surface area contributed by atoms with Gasteiger partial charge in [-0.25, -0.2) is 14.0 Å². The molecular weight excluding hydrogens is 267 g/mol. The van der Waals surface area contributed by atoms with Crippen LogP contribution in [0.25, 0.3) is 0 Å². The molecule has 0 saturated carbocycles. The summed E-state index contributed by atoms with van der Waals surface area (Å²) in [5, 5.41) is 22.2. The molecule has 0 aromatic heterocycles. The molecule has 0 aliphatic rings. The van der Waals surface area contributed by atoms with Crippen LogP contribution in [0.15, 0.2) is 24.3 Å². The lowest BCUT2D eigenvalue weighted by Gasteiger charge is -2.18. The average molecular weight is 284 g/mol. The molecule has 20 heavy (non-hydrogen) atoms. The molecule has 0 spiro atoms. The van der Waals surface area contributed by atoms with Crippen LogP contribution in [0.3, 0.4) is 0 Å². The number of carbonyl (C=O) groups excluding carboxylic acids is 1. The predicted molar refractivity (Wildman–Crippen MR) is 69.6 cm³/mol. The molecule has 2 amide bonds. The molecule has 0 saturated heterocycles. The zero-order valence-electron chi connectivity index (χ0n) is 11.0. The number of halogens is 1. The minimum absolute atomic E-state index is 0.100.